The minimum Gasteiger partial charge on any atom is -0.393 e. The molecule has 2 aromatic rings. The molecule has 2 rings (SSSR count). The molecule has 3 N–H and O–H groups in total. The maximum atomic E-state index is 11.9. The van der Waals surface area contributed by atoms with Crippen molar-refractivity contribution in [3.8, 4) is 0 Å². The van der Waals surface area contributed by atoms with Crippen molar-refractivity contribution in [2.45, 2.75) is 39.2 Å². The fraction of sp³-hybridized carbons (Fsp3) is 0.438. The summed E-state index contributed by atoms with van der Waals surface area (Å²) in [6, 6.07) is 6.18. The van der Waals surface area contributed by atoms with E-state index in [1.165, 1.54) is 5.56 Å². The van der Waals surface area contributed by atoms with Crippen LogP contribution >= 0.6 is 0 Å². The number of H-pyrrole nitrogens is 1. The van der Waals surface area contributed by atoms with Gasteiger partial charge in [-0.3, -0.25) is 4.79 Å². The van der Waals surface area contributed by atoms with Crippen LogP contribution in [-0.4, -0.2) is 28.6 Å². The van der Waals surface area contributed by atoms with Crippen LogP contribution in [0.25, 0.3) is 10.9 Å². The summed E-state index contributed by atoms with van der Waals surface area (Å²) in [7, 11) is 0. The average molecular weight is 274 g/mol. The van der Waals surface area contributed by atoms with Gasteiger partial charge in [-0.1, -0.05) is 25.1 Å². The van der Waals surface area contributed by atoms with Gasteiger partial charge >= 0.3 is 0 Å². The minimum atomic E-state index is -0.379. The van der Waals surface area contributed by atoms with Crippen molar-refractivity contribution in [1.29, 1.82) is 0 Å². The molecular weight excluding hydrogens is 252 g/mol. The Hall–Kier alpha value is -1.81. The summed E-state index contributed by atoms with van der Waals surface area (Å²) in [4.78, 5) is 15.2. The molecule has 1 aromatic carbocycles. The van der Waals surface area contributed by atoms with Crippen LogP contribution in [0.4, 0.5) is 0 Å². The standard InChI is InChI=1S/C16H22N2O2/c1-3-12-5-4-6-14-13(10-18-16(12)14)9-15(20)17-8-7-11(2)19/h4-6,10-11,18-19H,3,7-9H2,1-2H3,(H,17,20). The first-order chi connectivity index (χ1) is 9.61. The lowest BCUT2D eigenvalue weighted by molar-refractivity contribution is -0.120. The predicted molar refractivity (Wildman–Crippen MR) is 80.7 cm³/mol. The minimum absolute atomic E-state index is 0.00606. The van der Waals surface area contributed by atoms with Gasteiger partial charge in [0.05, 0.1) is 12.5 Å². The van der Waals surface area contributed by atoms with Crippen molar-refractivity contribution in [2.24, 2.45) is 0 Å². The van der Waals surface area contributed by atoms with E-state index in [-0.39, 0.29) is 12.0 Å². The van der Waals surface area contributed by atoms with E-state index >= 15 is 0 Å². The van der Waals surface area contributed by atoms with Gasteiger partial charge in [0.1, 0.15) is 0 Å². The highest BCUT2D eigenvalue weighted by atomic mass is 16.3. The lowest BCUT2D eigenvalue weighted by atomic mass is 10.1. The van der Waals surface area contributed by atoms with Gasteiger partial charge in [0.25, 0.3) is 0 Å². The summed E-state index contributed by atoms with van der Waals surface area (Å²) in [6.45, 7) is 4.36. The summed E-state index contributed by atoms with van der Waals surface area (Å²) in [5, 5.41) is 13.1. The SMILES string of the molecule is CCc1cccc2c(CC(=O)NCCC(C)O)c[nH]c12. The highest BCUT2D eigenvalue weighted by Crippen LogP contribution is 2.22. The molecule has 1 atom stereocenters. The number of amides is 1. The molecule has 108 valence electrons. The second kappa shape index (κ2) is 6.57. The molecule has 0 aliphatic rings. The van der Waals surface area contributed by atoms with E-state index < -0.39 is 0 Å². The Morgan fingerprint density at radius 1 is 1.40 bits per heavy atom. The van der Waals surface area contributed by atoms with Crippen LogP contribution in [0.3, 0.4) is 0 Å². The summed E-state index contributed by atoms with van der Waals surface area (Å²) in [5.41, 5.74) is 3.41. The van der Waals surface area contributed by atoms with E-state index in [1.807, 2.05) is 18.3 Å². The van der Waals surface area contributed by atoms with E-state index in [4.69, 9.17) is 5.11 Å². The number of aromatic amines is 1. The van der Waals surface area contributed by atoms with E-state index in [0.717, 1.165) is 22.9 Å². The van der Waals surface area contributed by atoms with Crippen molar-refractivity contribution in [1.82, 2.24) is 10.3 Å². The van der Waals surface area contributed by atoms with Crippen LogP contribution in [0.5, 0.6) is 0 Å². The fourth-order valence-electron chi connectivity index (χ4n) is 2.37. The van der Waals surface area contributed by atoms with Gasteiger partial charge in [-0.05, 0) is 30.9 Å². The van der Waals surface area contributed by atoms with Gasteiger partial charge in [0.15, 0.2) is 0 Å². The van der Waals surface area contributed by atoms with Crippen molar-refractivity contribution >= 4 is 16.8 Å². The molecule has 1 amide bonds. The zero-order valence-electron chi connectivity index (χ0n) is 12.1. The van der Waals surface area contributed by atoms with E-state index in [9.17, 15) is 4.79 Å². The number of para-hydroxylation sites is 1. The summed E-state index contributed by atoms with van der Waals surface area (Å²) >= 11 is 0. The van der Waals surface area contributed by atoms with Crippen LogP contribution in [0.1, 0.15) is 31.4 Å². The number of rotatable bonds is 6. The third-order valence-corrected chi connectivity index (χ3v) is 3.50. The van der Waals surface area contributed by atoms with Gasteiger partial charge < -0.3 is 15.4 Å². The first-order valence-corrected chi connectivity index (χ1v) is 7.14. The molecule has 0 aliphatic heterocycles. The summed E-state index contributed by atoms with van der Waals surface area (Å²) in [5.74, 6) is -0.00606. The third kappa shape index (κ3) is 3.39. The number of carbonyl (C=O) groups is 1. The summed E-state index contributed by atoms with van der Waals surface area (Å²) < 4.78 is 0. The molecular formula is C16H22N2O2. The molecule has 1 unspecified atom stereocenters. The predicted octanol–water partition coefficient (Wildman–Crippen LogP) is 2.16. The molecule has 0 radical (unpaired) electrons. The number of carbonyl (C=O) groups excluding carboxylic acids is 1. The van der Waals surface area contributed by atoms with Gasteiger partial charge in [-0.25, -0.2) is 0 Å². The molecule has 20 heavy (non-hydrogen) atoms. The molecule has 0 bridgehead atoms. The number of fused-ring (bicyclic) bond motifs is 1. The number of hydrogen-bond donors (Lipinski definition) is 3. The number of aryl methyl sites for hydroxylation is 1. The van der Waals surface area contributed by atoms with Crippen LogP contribution in [0.2, 0.25) is 0 Å². The van der Waals surface area contributed by atoms with E-state index in [0.29, 0.717) is 19.4 Å². The van der Waals surface area contributed by atoms with Crippen LogP contribution in [-0.2, 0) is 17.6 Å². The van der Waals surface area contributed by atoms with E-state index in [2.05, 4.69) is 23.3 Å². The monoisotopic (exact) mass is 274 g/mol. The molecule has 4 nitrogen and oxygen atoms in total. The van der Waals surface area contributed by atoms with Crippen molar-refractivity contribution in [3.05, 3.63) is 35.5 Å². The molecule has 0 fully saturated rings. The summed E-state index contributed by atoms with van der Waals surface area (Å²) in [6.07, 6.45) is 3.46. The van der Waals surface area contributed by atoms with Gasteiger partial charge in [-0.2, -0.15) is 0 Å². The number of benzene rings is 1. The zero-order valence-corrected chi connectivity index (χ0v) is 12.1. The second-order valence-electron chi connectivity index (χ2n) is 5.17. The number of nitrogens with one attached hydrogen (secondary N) is 2. The molecule has 0 saturated heterocycles. The van der Waals surface area contributed by atoms with Crippen molar-refractivity contribution < 1.29 is 9.90 Å². The maximum absolute atomic E-state index is 11.9. The second-order valence-corrected chi connectivity index (χ2v) is 5.17. The number of aliphatic hydroxyl groups excluding tert-OH is 1. The molecule has 0 spiro atoms. The number of aromatic nitrogens is 1. The van der Waals surface area contributed by atoms with Crippen molar-refractivity contribution in [3.63, 3.8) is 0 Å². The first-order valence-electron chi connectivity index (χ1n) is 7.14. The van der Waals surface area contributed by atoms with Gasteiger partial charge in [0, 0.05) is 23.6 Å². The lowest BCUT2D eigenvalue weighted by Gasteiger charge is -2.06. The van der Waals surface area contributed by atoms with Crippen LogP contribution < -0.4 is 5.32 Å². The molecule has 4 heteroatoms. The number of hydrogen-bond acceptors (Lipinski definition) is 2. The Balaban J connectivity index is 2.05. The smallest absolute Gasteiger partial charge is 0.224 e. The molecule has 0 saturated carbocycles. The topological polar surface area (TPSA) is 65.1 Å². The van der Waals surface area contributed by atoms with Gasteiger partial charge in [-0.15, -0.1) is 0 Å². The van der Waals surface area contributed by atoms with Crippen LogP contribution in [0.15, 0.2) is 24.4 Å². The fourth-order valence-corrected chi connectivity index (χ4v) is 2.37. The third-order valence-electron chi connectivity index (χ3n) is 3.50. The molecule has 0 aliphatic carbocycles. The van der Waals surface area contributed by atoms with Crippen LogP contribution in [0, 0.1) is 0 Å². The molecule has 1 aromatic heterocycles. The Bertz CT molecular complexity index is 587. The largest absolute Gasteiger partial charge is 0.393 e. The van der Waals surface area contributed by atoms with E-state index in [1.54, 1.807) is 6.92 Å². The van der Waals surface area contributed by atoms with Gasteiger partial charge in [0.2, 0.25) is 5.91 Å². The maximum Gasteiger partial charge on any atom is 0.224 e. The highest BCUT2D eigenvalue weighted by molar-refractivity contribution is 5.90. The number of aliphatic hydroxyl groups is 1. The quantitative estimate of drug-likeness (QED) is 0.755. The lowest BCUT2D eigenvalue weighted by Crippen LogP contribution is -2.27. The Labute approximate surface area is 119 Å². The Morgan fingerprint density at radius 3 is 2.90 bits per heavy atom. The molecule has 1 heterocycles. The Morgan fingerprint density at radius 2 is 2.20 bits per heavy atom. The Kier molecular flexibility index (Phi) is 4.79. The normalized spacial score (nSPS) is 12.6. The first kappa shape index (κ1) is 14.6. The van der Waals surface area contributed by atoms with Crippen molar-refractivity contribution in [2.75, 3.05) is 6.54 Å². The zero-order chi connectivity index (χ0) is 14.5. The highest BCUT2D eigenvalue weighted by Gasteiger charge is 2.10. The average Bonchev–Trinajstić information content (AvgIpc) is 2.81.